The van der Waals surface area contributed by atoms with E-state index in [9.17, 15) is 14.4 Å². The van der Waals surface area contributed by atoms with Crippen molar-refractivity contribution in [1.29, 1.82) is 0 Å². The van der Waals surface area contributed by atoms with Gasteiger partial charge in [0, 0.05) is 0 Å². The zero-order chi connectivity index (χ0) is 15.2. The van der Waals surface area contributed by atoms with Gasteiger partial charge in [0.15, 0.2) is 6.61 Å². The van der Waals surface area contributed by atoms with Crippen molar-refractivity contribution >= 4 is 46.8 Å². The summed E-state index contributed by atoms with van der Waals surface area (Å²) >= 11 is 7.33. The molecule has 1 N–H and O–H groups in total. The molecule has 0 saturated carbocycles. The summed E-state index contributed by atoms with van der Waals surface area (Å²) in [7, 11) is 0. The summed E-state index contributed by atoms with van der Waals surface area (Å²) in [5.74, 6) is -0.351. The maximum absolute atomic E-state index is 11.6. The number of amides is 2. The molecule has 2 rings (SSSR count). The third-order valence-corrected chi connectivity index (χ3v) is 3.93. The molecule has 0 aromatic heterocycles. The lowest BCUT2D eigenvalue weighted by atomic mass is 10.3. The average molecular weight is 329 g/mol. The zero-order valence-corrected chi connectivity index (χ0v) is 12.6. The summed E-state index contributed by atoms with van der Waals surface area (Å²) in [5.41, 5.74) is 0.450. The molecule has 1 aliphatic rings. The molecule has 0 spiro atoms. The van der Waals surface area contributed by atoms with Crippen LogP contribution in [0.15, 0.2) is 24.3 Å². The number of benzene rings is 1. The predicted molar refractivity (Wildman–Crippen MR) is 80.1 cm³/mol. The Hall–Kier alpha value is -1.73. The van der Waals surface area contributed by atoms with Gasteiger partial charge in [0.1, 0.15) is 6.54 Å². The molecule has 1 aromatic rings. The molecule has 1 aromatic carbocycles. The minimum atomic E-state index is -0.611. The number of esters is 1. The number of hydrogen-bond acceptors (Lipinski definition) is 5. The van der Waals surface area contributed by atoms with Gasteiger partial charge >= 0.3 is 5.97 Å². The minimum absolute atomic E-state index is 0.0996. The Morgan fingerprint density at radius 1 is 1.38 bits per heavy atom. The van der Waals surface area contributed by atoms with E-state index in [1.54, 1.807) is 24.3 Å². The van der Waals surface area contributed by atoms with E-state index in [1.165, 1.54) is 16.7 Å². The molecule has 1 fully saturated rings. The van der Waals surface area contributed by atoms with Gasteiger partial charge in [-0.1, -0.05) is 23.7 Å². The highest BCUT2D eigenvalue weighted by atomic mass is 35.5. The van der Waals surface area contributed by atoms with Crippen LogP contribution in [0.25, 0.3) is 0 Å². The fraction of sp³-hybridized carbons (Fsp3) is 0.308. The third-order valence-electron chi connectivity index (χ3n) is 2.66. The number of thioether (sulfide) groups is 1. The highest BCUT2D eigenvalue weighted by Crippen LogP contribution is 2.20. The number of ether oxygens (including phenoxy) is 1. The Morgan fingerprint density at radius 3 is 2.81 bits per heavy atom. The van der Waals surface area contributed by atoms with Crippen LogP contribution in [-0.2, 0) is 19.1 Å². The Bertz CT molecular complexity index is 567. The molecule has 0 aliphatic carbocycles. The van der Waals surface area contributed by atoms with Crippen molar-refractivity contribution in [3.05, 3.63) is 29.3 Å². The Morgan fingerprint density at radius 2 is 2.14 bits per heavy atom. The van der Waals surface area contributed by atoms with Crippen molar-refractivity contribution < 1.29 is 19.1 Å². The Kier molecular flexibility index (Phi) is 5.46. The number of carbonyl (C=O) groups excluding carboxylic acids is 3. The lowest BCUT2D eigenvalue weighted by Gasteiger charge is -2.13. The summed E-state index contributed by atoms with van der Waals surface area (Å²) in [4.78, 5) is 35.9. The molecule has 8 heteroatoms. The predicted octanol–water partition coefficient (Wildman–Crippen LogP) is 1.35. The summed E-state index contributed by atoms with van der Waals surface area (Å²) in [6.07, 6.45) is 0. The van der Waals surface area contributed by atoms with E-state index in [4.69, 9.17) is 16.3 Å². The average Bonchev–Trinajstić information content (AvgIpc) is 2.85. The van der Waals surface area contributed by atoms with E-state index < -0.39 is 18.5 Å². The molecule has 0 radical (unpaired) electrons. The van der Waals surface area contributed by atoms with Crippen molar-refractivity contribution in [3.8, 4) is 0 Å². The van der Waals surface area contributed by atoms with E-state index in [1.807, 2.05) is 0 Å². The molecule has 6 nitrogen and oxygen atoms in total. The van der Waals surface area contributed by atoms with Crippen LogP contribution < -0.4 is 5.32 Å². The van der Waals surface area contributed by atoms with Gasteiger partial charge in [-0.3, -0.25) is 14.4 Å². The van der Waals surface area contributed by atoms with Crippen molar-refractivity contribution in [2.24, 2.45) is 0 Å². The van der Waals surface area contributed by atoms with Gasteiger partial charge in [-0.15, -0.1) is 11.8 Å². The molecule has 0 atom stereocenters. The first-order valence-electron chi connectivity index (χ1n) is 6.12. The van der Waals surface area contributed by atoms with Crippen molar-refractivity contribution in [3.63, 3.8) is 0 Å². The van der Waals surface area contributed by atoms with Gasteiger partial charge in [0.25, 0.3) is 5.91 Å². The molecule has 0 unspecified atom stereocenters. The Balaban J connectivity index is 1.75. The van der Waals surface area contributed by atoms with Crippen molar-refractivity contribution in [2.75, 3.05) is 30.1 Å². The Labute approximate surface area is 130 Å². The quantitative estimate of drug-likeness (QED) is 0.826. The second kappa shape index (κ2) is 7.33. The number of rotatable bonds is 5. The van der Waals surface area contributed by atoms with E-state index in [0.29, 0.717) is 22.3 Å². The lowest BCUT2D eigenvalue weighted by molar-refractivity contribution is -0.150. The van der Waals surface area contributed by atoms with E-state index in [-0.39, 0.29) is 12.5 Å². The van der Waals surface area contributed by atoms with Gasteiger partial charge < -0.3 is 15.0 Å². The van der Waals surface area contributed by atoms with E-state index in [2.05, 4.69) is 5.32 Å². The molecule has 0 bridgehead atoms. The van der Waals surface area contributed by atoms with Crippen LogP contribution in [0.4, 0.5) is 5.69 Å². The first-order valence-corrected chi connectivity index (χ1v) is 7.65. The monoisotopic (exact) mass is 328 g/mol. The highest BCUT2D eigenvalue weighted by molar-refractivity contribution is 8.00. The van der Waals surface area contributed by atoms with Gasteiger partial charge in [-0.25, -0.2) is 0 Å². The summed E-state index contributed by atoms with van der Waals surface area (Å²) in [6.45, 7) is -0.551. The maximum Gasteiger partial charge on any atom is 0.326 e. The minimum Gasteiger partial charge on any atom is -0.454 e. The summed E-state index contributed by atoms with van der Waals surface area (Å²) in [5, 5.41) is 2.94. The number of para-hydroxylation sites is 1. The normalized spacial score (nSPS) is 14.1. The third kappa shape index (κ3) is 4.64. The molecule has 1 saturated heterocycles. The molecule has 21 heavy (non-hydrogen) atoms. The molecule has 1 aliphatic heterocycles. The second-order valence-electron chi connectivity index (χ2n) is 4.26. The molecule has 1 heterocycles. The van der Waals surface area contributed by atoms with Gasteiger partial charge in [-0.05, 0) is 12.1 Å². The standard InChI is InChI=1S/C13H13ClN2O4S/c14-9-3-1-2-4-10(9)15-11(17)6-20-13(19)5-16-8-21-7-12(16)18/h1-4H,5-8H2,(H,15,17). The SMILES string of the molecule is O=C(COC(=O)CN1CSCC1=O)Nc1ccccc1Cl. The second-order valence-corrected chi connectivity index (χ2v) is 5.62. The van der Waals surface area contributed by atoms with Crippen LogP contribution in [0.3, 0.4) is 0 Å². The van der Waals surface area contributed by atoms with Crippen LogP contribution in [-0.4, -0.2) is 47.5 Å². The van der Waals surface area contributed by atoms with Crippen LogP contribution in [0.2, 0.25) is 5.02 Å². The van der Waals surface area contributed by atoms with Crippen LogP contribution in [0.1, 0.15) is 0 Å². The molecule has 112 valence electrons. The fourth-order valence-corrected chi connectivity index (χ4v) is 2.72. The number of anilines is 1. The zero-order valence-electron chi connectivity index (χ0n) is 11.0. The van der Waals surface area contributed by atoms with Gasteiger partial charge in [0.05, 0.1) is 22.3 Å². The van der Waals surface area contributed by atoms with Crippen LogP contribution in [0, 0.1) is 0 Å². The molecular weight excluding hydrogens is 316 g/mol. The van der Waals surface area contributed by atoms with Crippen molar-refractivity contribution in [1.82, 2.24) is 4.90 Å². The summed E-state index contributed by atoms with van der Waals surface area (Å²) in [6, 6.07) is 6.75. The van der Waals surface area contributed by atoms with Crippen LogP contribution >= 0.6 is 23.4 Å². The topological polar surface area (TPSA) is 75.7 Å². The van der Waals surface area contributed by atoms with E-state index >= 15 is 0 Å². The number of nitrogens with one attached hydrogen (secondary N) is 1. The molecule has 2 amide bonds. The molecular formula is C13H13ClN2O4S. The number of halogens is 1. The largest absolute Gasteiger partial charge is 0.454 e. The van der Waals surface area contributed by atoms with Crippen molar-refractivity contribution in [2.45, 2.75) is 0 Å². The van der Waals surface area contributed by atoms with Crippen LogP contribution in [0.5, 0.6) is 0 Å². The number of carbonyl (C=O) groups is 3. The summed E-state index contributed by atoms with van der Waals surface area (Å²) < 4.78 is 4.83. The number of hydrogen-bond donors (Lipinski definition) is 1. The smallest absolute Gasteiger partial charge is 0.326 e. The van der Waals surface area contributed by atoms with E-state index in [0.717, 1.165) is 0 Å². The number of nitrogens with zero attached hydrogens (tertiary/aromatic N) is 1. The highest BCUT2D eigenvalue weighted by Gasteiger charge is 2.23. The van der Waals surface area contributed by atoms with Gasteiger partial charge in [0.2, 0.25) is 5.91 Å². The first kappa shape index (κ1) is 15.7. The van der Waals surface area contributed by atoms with Gasteiger partial charge in [-0.2, -0.15) is 0 Å². The maximum atomic E-state index is 11.6. The fourth-order valence-electron chi connectivity index (χ4n) is 1.64. The lowest BCUT2D eigenvalue weighted by Crippen LogP contribution is -2.33. The first-order chi connectivity index (χ1) is 10.1.